The lowest BCUT2D eigenvalue weighted by Gasteiger charge is -2.15. The summed E-state index contributed by atoms with van der Waals surface area (Å²) in [6.07, 6.45) is -2.28. The van der Waals surface area contributed by atoms with Crippen molar-refractivity contribution in [2.75, 3.05) is 12.3 Å². The molecular formula is C21H23F3N4O2Si. The van der Waals surface area contributed by atoms with Gasteiger partial charge in [0.15, 0.2) is 0 Å². The number of hydrogen-bond donors (Lipinski definition) is 1. The van der Waals surface area contributed by atoms with Crippen LogP contribution in [0.4, 0.5) is 18.9 Å². The average Bonchev–Trinajstić information content (AvgIpc) is 3.06. The molecule has 0 radical (unpaired) electrons. The van der Waals surface area contributed by atoms with Crippen LogP contribution in [0.2, 0.25) is 25.7 Å². The molecule has 0 unspecified atom stereocenters. The Bertz CT molecular complexity index is 1130. The topological polar surface area (TPSA) is 86.1 Å². The van der Waals surface area contributed by atoms with Crippen molar-refractivity contribution < 1.29 is 22.6 Å². The number of alkyl halides is 3. The Morgan fingerprint density at radius 1 is 1.19 bits per heavy atom. The molecule has 0 saturated carbocycles. The lowest BCUT2D eigenvalue weighted by atomic mass is 10.2. The van der Waals surface area contributed by atoms with E-state index in [0.29, 0.717) is 12.3 Å². The zero-order valence-corrected chi connectivity index (χ0v) is 18.5. The minimum atomic E-state index is -4.62. The van der Waals surface area contributed by atoms with Crippen LogP contribution in [0.3, 0.4) is 0 Å². The van der Waals surface area contributed by atoms with Crippen molar-refractivity contribution in [3.8, 4) is 17.6 Å². The second-order valence-corrected chi connectivity index (χ2v) is 14.0. The van der Waals surface area contributed by atoms with E-state index in [4.69, 9.17) is 15.2 Å². The van der Waals surface area contributed by atoms with Crippen molar-refractivity contribution >= 4 is 24.8 Å². The second-order valence-electron chi connectivity index (χ2n) is 8.34. The third-order valence-electron chi connectivity index (χ3n) is 4.60. The maximum atomic E-state index is 13.8. The zero-order chi connectivity index (χ0) is 22.8. The van der Waals surface area contributed by atoms with Gasteiger partial charge in [0, 0.05) is 32.8 Å². The normalized spacial score (nSPS) is 12.2. The minimum absolute atomic E-state index is 0.0561. The highest BCUT2D eigenvalue weighted by Crippen LogP contribution is 2.41. The van der Waals surface area contributed by atoms with Crippen LogP contribution in [0, 0.1) is 11.3 Å². The molecule has 31 heavy (non-hydrogen) atoms. The fraction of sp³-hybridized carbons (Fsp3) is 0.333. The van der Waals surface area contributed by atoms with E-state index >= 15 is 0 Å². The van der Waals surface area contributed by atoms with Gasteiger partial charge in [-0.05, 0) is 30.3 Å². The first-order valence-corrected chi connectivity index (χ1v) is 13.3. The summed E-state index contributed by atoms with van der Waals surface area (Å²) < 4.78 is 54.1. The first-order chi connectivity index (χ1) is 14.5. The van der Waals surface area contributed by atoms with Gasteiger partial charge < -0.3 is 19.8 Å². The summed E-state index contributed by atoms with van der Waals surface area (Å²) in [4.78, 5) is 4.13. The number of nitriles is 1. The molecule has 164 valence electrons. The zero-order valence-electron chi connectivity index (χ0n) is 17.5. The Labute approximate surface area is 179 Å². The van der Waals surface area contributed by atoms with E-state index in [9.17, 15) is 18.4 Å². The number of rotatable bonds is 7. The summed E-state index contributed by atoms with van der Waals surface area (Å²) >= 11 is 0. The summed E-state index contributed by atoms with van der Waals surface area (Å²) in [6.45, 7) is 6.99. The van der Waals surface area contributed by atoms with Crippen LogP contribution in [0.1, 0.15) is 11.1 Å². The number of anilines is 1. The van der Waals surface area contributed by atoms with Gasteiger partial charge in [-0.1, -0.05) is 19.6 Å². The second kappa shape index (κ2) is 8.61. The van der Waals surface area contributed by atoms with Crippen molar-refractivity contribution in [1.29, 1.82) is 5.26 Å². The average molecular weight is 449 g/mol. The van der Waals surface area contributed by atoms with E-state index in [2.05, 4.69) is 24.6 Å². The Hall–Kier alpha value is -3.03. The molecule has 3 rings (SSSR count). The summed E-state index contributed by atoms with van der Waals surface area (Å²) in [6, 6.07) is 8.53. The molecule has 2 aromatic heterocycles. The van der Waals surface area contributed by atoms with Crippen LogP contribution >= 0.6 is 0 Å². The number of ether oxygens (including phenoxy) is 2. The number of nitrogens with zero attached hydrogens (tertiary/aromatic N) is 3. The van der Waals surface area contributed by atoms with Gasteiger partial charge in [0.1, 0.15) is 29.9 Å². The Kier molecular flexibility index (Phi) is 6.29. The lowest BCUT2D eigenvalue weighted by molar-refractivity contribution is -0.136. The SMILES string of the molecule is C[Si](C)(C)CCOCn1cc(C(F)(F)F)c2c(Oc3ccc(N)cc3C#N)ccnc21. The van der Waals surface area contributed by atoms with Crippen LogP contribution in [0.25, 0.3) is 11.0 Å². The molecule has 3 aromatic rings. The van der Waals surface area contributed by atoms with Crippen molar-refractivity contribution in [2.24, 2.45) is 0 Å². The highest BCUT2D eigenvalue weighted by molar-refractivity contribution is 6.76. The molecule has 0 aliphatic carbocycles. The molecule has 0 amide bonds. The molecule has 2 N–H and O–H groups in total. The number of halogens is 3. The summed E-state index contributed by atoms with van der Waals surface area (Å²) in [5, 5.41) is 9.11. The number of aromatic nitrogens is 2. The van der Waals surface area contributed by atoms with Gasteiger partial charge in [-0.2, -0.15) is 18.4 Å². The van der Waals surface area contributed by atoms with Gasteiger partial charge in [-0.3, -0.25) is 0 Å². The highest BCUT2D eigenvalue weighted by atomic mass is 28.3. The van der Waals surface area contributed by atoms with Crippen molar-refractivity contribution in [1.82, 2.24) is 9.55 Å². The van der Waals surface area contributed by atoms with Gasteiger partial charge in [0.2, 0.25) is 0 Å². The van der Waals surface area contributed by atoms with Gasteiger partial charge in [0.05, 0.1) is 16.5 Å². The smallest absolute Gasteiger partial charge is 0.418 e. The molecule has 6 nitrogen and oxygen atoms in total. The van der Waals surface area contributed by atoms with Crippen LogP contribution < -0.4 is 10.5 Å². The van der Waals surface area contributed by atoms with E-state index < -0.39 is 19.8 Å². The Balaban J connectivity index is 2.00. The number of nitrogen functional groups attached to an aromatic ring is 1. The van der Waals surface area contributed by atoms with Gasteiger partial charge in [0.25, 0.3) is 0 Å². The molecule has 0 aliphatic heterocycles. The summed E-state index contributed by atoms with van der Waals surface area (Å²) in [7, 11) is -1.32. The quantitative estimate of drug-likeness (QED) is 0.288. The lowest BCUT2D eigenvalue weighted by Crippen LogP contribution is -2.22. The maximum Gasteiger partial charge on any atom is 0.418 e. The fourth-order valence-corrected chi connectivity index (χ4v) is 3.72. The molecule has 0 atom stereocenters. The van der Waals surface area contributed by atoms with Gasteiger partial charge in [-0.25, -0.2) is 4.98 Å². The Morgan fingerprint density at radius 3 is 2.58 bits per heavy atom. The number of nitrogens with two attached hydrogens (primary N) is 1. The first-order valence-electron chi connectivity index (χ1n) is 9.60. The first kappa shape index (κ1) is 22.6. The minimum Gasteiger partial charge on any atom is -0.455 e. The molecule has 0 fully saturated rings. The Morgan fingerprint density at radius 2 is 1.94 bits per heavy atom. The number of benzene rings is 1. The van der Waals surface area contributed by atoms with Gasteiger partial charge >= 0.3 is 6.18 Å². The molecule has 0 saturated heterocycles. The van der Waals surface area contributed by atoms with Crippen LogP contribution in [-0.2, 0) is 17.6 Å². The molecule has 0 aliphatic rings. The monoisotopic (exact) mass is 448 g/mol. The van der Waals surface area contributed by atoms with Crippen molar-refractivity contribution in [3.63, 3.8) is 0 Å². The van der Waals surface area contributed by atoms with Crippen LogP contribution in [0.5, 0.6) is 11.5 Å². The summed E-state index contributed by atoms with van der Waals surface area (Å²) in [5.74, 6) is 0.0518. The van der Waals surface area contributed by atoms with E-state index in [0.717, 1.165) is 12.2 Å². The maximum absolute atomic E-state index is 13.8. The van der Waals surface area contributed by atoms with Gasteiger partial charge in [-0.15, -0.1) is 0 Å². The molecule has 0 spiro atoms. The standard InChI is InChI=1S/C21H23F3N4O2Si/c1-31(2,3)9-8-29-13-28-12-16(21(22,23)24)19-18(6-7-27-20(19)28)30-17-5-4-15(26)10-14(17)11-25/h4-7,10,12H,8-9,13,26H2,1-3H3. The molecule has 10 heteroatoms. The number of pyridine rings is 1. The van der Waals surface area contributed by atoms with E-state index in [-0.39, 0.29) is 34.8 Å². The van der Waals surface area contributed by atoms with Crippen LogP contribution in [-0.4, -0.2) is 24.2 Å². The van der Waals surface area contributed by atoms with Crippen molar-refractivity contribution in [3.05, 3.63) is 47.8 Å². The third-order valence-corrected chi connectivity index (χ3v) is 6.30. The number of fused-ring (bicyclic) bond motifs is 1. The predicted octanol–water partition coefficient (Wildman–Crippen LogP) is 5.61. The molecule has 1 aromatic carbocycles. The van der Waals surface area contributed by atoms with Crippen molar-refractivity contribution in [2.45, 2.75) is 38.6 Å². The number of hydrogen-bond acceptors (Lipinski definition) is 5. The highest BCUT2D eigenvalue weighted by Gasteiger charge is 2.36. The third kappa shape index (κ3) is 5.37. The van der Waals surface area contributed by atoms with E-state index in [1.165, 1.54) is 35.0 Å². The van der Waals surface area contributed by atoms with E-state index in [1.54, 1.807) is 0 Å². The summed E-state index contributed by atoms with van der Waals surface area (Å²) in [5.41, 5.74) is 5.35. The molecule has 0 bridgehead atoms. The fourth-order valence-electron chi connectivity index (χ4n) is 2.97. The van der Waals surface area contributed by atoms with E-state index in [1.807, 2.05) is 6.07 Å². The largest absolute Gasteiger partial charge is 0.455 e. The molecule has 2 heterocycles. The molecular weight excluding hydrogens is 425 g/mol. The predicted molar refractivity (Wildman–Crippen MR) is 114 cm³/mol. The van der Waals surface area contributed by atoms with Crippen LogP contribution in [0.15, 0.2) is 36.7 Å².